The van der Waals surface area contributed by atoms with Gasteiger partial charge in [-0.2, -0.15) is 9.97 Å². The molecular formula is C58H67ClFN9O8S. The van der Waals surface area contributed by atoms with Crippen LogP contribution in [0.1, 0.15) is 64.3 Å². The number of hydrogen-bond acceptors (Lipinski definition) is 14. The van der Waals surface area contributed by atoms with Crippen molar-refractivity contribution in [3.8, 4) is 33.3 Å². The number of thiazole rings is 1. The normalized spacial score (nSPS) is 18.3. The van der Waals surface area contributed by atoms with Crippen LogP contribution in [-0.4, -0.2) is 154 Å². The number of piperazine rings is 1. The number of likely N-dealkylation sites (tertiary alicyclic amines) is 2. The number of nitrogens with one attached hydrogen (secondary N) is 2. The molecule has 9 rings (SSSR count). The van der Waals surface area contributed by atoms with Gasteiger partial charge in [-0.3, -0.25) is 24.1 Å². The van der Waals surface area contributed by atoms with E-state index in [0.29, 0.717) is 66.9 Å². The number of phenols is 1. The van der Waals surface area contributed by atoms with Gasteiger partial charge in [0.25, 0.3) is 0 Å². The third kappa shape index (κ3) is 12.6. The molecule has 3 fully saturated rings. The molecule has 0 spiro atoms. The zero-order valence-corrected chi connectivity index (χ0v) is 46.2. The number of fused-ring (bicyclic) bond motifs is 2. The SMILES string of the molecule is C=CC(=O)N1CCN(c2nc(OCCN3CCC(COCC(=O)N[C@H](C(=O)N4C[C@@H](O)C[C@H]4C(=O)N[C@@H](C)c4ccc(-c5scnc5C)cc4)C(C)(C)C)CC3)nc3c(F)c(-c4cc(O)cc5ccccc45)c(Cl)cc23)CC1. The number of aliphatic hydroxyl groups excluding tert-OH is 1. The lowest BCUT2D eigenvalue weighted by molar-refractivity contribution is -0.144. The number of anilines is 1. The number of halogens is 2. The van der Waals surface area contributed by atoms with Crippen molar-refractivity contribution in [2.45, 2.75) is 78.1 Å². The summed E-state index contributed by atoms with van der Waals surface area (Å²) in [6.07, 6.45) is 2.07. The lowest BCUT2D eigenvalue weighted by Crippen LogP contribution is -2.58. The third-order valence-electron chi connectivity index (χ3n) is 15.0. The molecule has 6 aromatic rings. The number of ether oxygens (including phenoxy) is 2. The molecule has 0 bridgehead atoms. The number of amides is 4. The van der Waals surface area contributed by atoms with E-state index < -0.39 is 41.2 Å². The molecule has 0 aliphatic carbocycles. The summed E-state index contributed by atoms with van der Waals surface area (Å²) in [5.74, 6) is -1.57. The van der Waals surface area contributed by atoms with E-state index in [4.69, 9.17) is 26.1 Å². The van der Waals surface area contributed by atoms with Crippen LogP contribution in [-0.2, 0) is 23.9 Å². The largest absolute Gasteiger partial charge is 0.508 e. The first-order valence-corrected chi connectivity index (χ1v) is 27.7. The molecule has 3 aliphatic rings. The zero-order valence-electron chi connectivity index (χ0n) is 44.6. The summed E-state index contributed by atoms with van der Waals surface area (Å²) in [5, 5.41) is 29.2. The van der Waals surface area contributed by atoms with Crippen LogP contribution in [0.4, 0.5) is 10.2 Å². The van der Waals surface area contributed by atoms with Gasteiger partial charge in [-0.15, -0.1) is 11.3 Å². The summed E-state index contributed by atoms with van der Waals surface area (Å²) in [6, 6.07) is 17.7. The van der Waals surface area contributed by atoms with Crippen LogP contribution >= 0.6 is 22.9 Å². The molecule has 78 heavy (non-hydrogen) atoms. The molecule has 3 aliphatic heterocycles. The molecule has 0 radical (unpaired) electrons. The predicted octanol–water partition coefficient (Wildman–Crippen LogP) is 7.69. The van der Waals surface area contributed by atoms with Crippen molar-refractivity contribution in [1.82, 2.24) is 40.3 Å². The minimum atomic E-state index is -0.989. The Bertz CT molecular complexity index is 3190. The van der Waals surface area contributed by atoms with Crippen LogP contribution < -0.4 is 20.3 Å². The Morgan fingerprint density at radius 2 is 1.71 bits per heavy atom. The van der Waals surface area contributed by atoms with Crippen molar-refractivity contribution in [3.63, 3.8) is 0 Å². The number of nitrogens with zero attached hydrogens (tertiary/aromatic N) is 7. The van der Waals surface area contributed by atoms with Gasteiger partial charge in [-0.05, 0) is 103 Å². The number of β-amino-alcohol motifs (C(OH)–C–C–N with tert-alkyl or cyclic N) is 1. The van der Waals surface area contributed by atoms with Gasteiger partial charge in [0.2, 0.25) is 23.6 Å². The average molecular weight is 1100 g/mol. The summed E-state index contributed by atoms with van der Waals surface area (Å²) >= 11 is 8.48. The van der Waals surface area contributed by atoms with Crippen LogP contribution in [0.5, 0.6) is 11.8 Å². The van der Waals surface area contributed by atoms with E-state index in [2.05, 4.69) is 32.1 Å². The first-order chi connectivity index (χ1) is 37.4. The van der Waals surface area contributed by atoms with E-state index in [1.165, 1.54) is 17.0 Å². The van der Waals surface area contributed by atoms with Crippen LogP contribution in [0.2, 0.25) is 5.02 Å². The predicted molar refractivity (Wildman–Crippen MR) is 300 cm³/mol. The number of hydrogen-bond donors (Lipinski definition) is 4. The van der Waals surface area contributed by atoms with Crippen LogP contribution in [0.15, 0.2) is 84.9 Å². The number of benzene rings is 4. The highest BCUT2D eigenvalue weighted by molar-refractivity contribution is 7.13. The van der Waals surface area contributed by atoms with E-state index in [1.807, 2.05) is 93.6 Å². The average Bonchev–Trinajstić information content (AvgIpc) is 4.19. The highest BCUT2D eigenvalue weighted by atomic mass is 35.5. The monoisotopic (exact) mass is 1100 g/mol. The summed E-state index contributed by atoms with van der Waals surface area (Å²) < 4.78 is 29.2. The second-order valence-electron chi connectivity index (χ2n) is 21.5. The van der Waals surface area contributed by atoms with Crippen LogP contribution in [0.25, 0.3) is 43.2 Å². The van der Waals surface area contributed by atoms with Crippen molar-refractivity contribution in [2.75, 3.05) is 77.1 Å². The maximum absolute atomic E-state index is 17.1. The third-order valence-corrected chi connectivity index (χ3v) is 16.3. The van der Waals surface area contributed by atoms with Gasteiger partial charge in [-0.25, -0.2) is 9.37 Å². The van der Waals surface area contributed by atoms with Gasteiger partial charge in [0, 0.05) is 56.6 Å². The highest BCUT2D eigenvalue weighted by Gasteiger charge is 2.45. The number of aliphatic hydroxyl groups is 1. The molecule has 0 saturated carbocycles. The van der Waals surface area contributed by atoms with E-state index >= 15 is 4.39 Å². The van der Waals surface area contributed by atoms with Gasteiger partial charge < -0.3 is 45.0 Å². The van der Waals surface area contributed by atoms with Crippen molar-refractivity contribution >= 4 is 74.1 Å². The molecule has 5 heterocycles. The minimum Gasteiger partial charge on any atom is -0.508 e. The zero-order chi connectivity index (χ0) is 55.4. The summed E-state index contributed by atoms with van der Waals surface area (Å²) in [6.45, 7) is 16.9. The summed E-state index contributed by atoms with van der Waals surface area (Å²) in [4.78, 5) is 76.0. The number of rotatable bonds is 17. The number of aromatic nitrogens is 3. The lowest BCUT2D eigenvalue weighted by atomic mass is 9.85. The molecule has 20 heteroatoms. The van der Waals surface area contributed by atoms with Gasteiger partial charge in [0.1, 0.15) is 42.4 Å². The van der Waals surface area contributed by atoms with E-state index in [1.54, 1.807) is 28.4 Å². The number of aromatic hydroxyl groups is 1. The van der Waals surface area contributed by atoms with Gasteiger partial charge in [0.15, 0.2) is 5.82 Å². The van der Waals surface area contributed by atoms with E-state index in [0.717, 1.165) is 47.6 Å². The Hall–Kier alpha value is -6.77. The number of carbonyl (C=O) groups is 4. The Kier molecular flexibility index (Phi) is 17.3. The van der Waals surface area contributed by atoms with E-state index in [-0.39, 0.29) is 77.8 Å². The molecule has 4 amide bonds. The number of aryl methyl sites for hydroxylation is 1. The molecule has 412 valence electrons. The topological polar surface area (TPSA) is 203 Å². The van der Waals surface area contributed by atoms with Crippen LogP contribution in [0.3, 0.4) is 0 Å². The number of carbonyl (C=O) groups excluding carboxylic acids is 4. The Balaban J connectivity index is 0.778. The fourth-order valence-corrected chi connectivity index (χ4v) is 11.8. The first kappa shape index (κ1) is 56.0. The summed E-state index contributed by atoms with van der Waals surface area (Å²) in [5.41, 5.74) is 4.48. The highest BCUT2D eigenvalue weighted by Crippen LogP contribution is 2.43. The quantitative estimate of drug-likeness (QED) is 0.0648. The van der Waals surface area contributed by atoms with Crippen molar-refractivity contribution in [3.05, 3.63) is 107 Å². The van der Waals surface area contributed by atoms with Crippen LogP contribution in [0, 0.1) is 24.1 Å². The molecule has 17 nitrogen and oxygen atoms in total. The van der Waals surface area contributed by atoms with Crippen molar-refractivity contribution < 1.29 is 43.3 Å². The fourth-order valence-electron chi connectivity index (χ4n) is 10.7. The molecular weight excluding hydrogens is 1040 g/mol. The maximum atomic E-state index is 17.1. The summed E-state index contributed by atoms with van der Waals surface area (Å²) in [7, 11) is 0. The van der Waals surface area contributed by atoms with Crippen molar-refractivity contribution in [2.24, 2.45) is 11.3 Å². The van der Waals surface area contributed by atoms with Crippen molar-refractivity contribution in [1.29, 1.82) is 0 Å². The maximum Gasteiger partial charge on any atom is 0.319 e. The molecule has 4 atom stereocenters. The molecule has 2 aromatic heterocycles. The standard InChI is InChI=1S/C58H67ClFN9O8S/c1-7-48(73)67-20-22-68(23-21-67)54-44-29-45(59)49(43-27-40(70)26-39-10-8-9-11-42(39)43)50(60)51(44)64-57(65-54)77-25-24-66-18-16-36(17-19-66)31-76-32-47(72)63-53(58(4,5)6)56(75)69-30-41(71)28-46(69)55(74)62-34(2)37-12-14-38(15-13-37)52-35(3)61-33-78-52/h7-15,26-27,29,33-34,36,41,46,53,70-71H,1,16-25,28,30-32H2,2-6H3,(H,62,74)(H,63,72)/t34-,41-,46-,53+/m0/s1. The van der Waals surface area contributed by atoms with E-state index in [9.17, 15) is 29.4 Å². The Morgan fingerprint density at radius 1 is 0.974 bits per heavy atom. The van der Waals surface area contributed by atoms with Gasteiger partial charge in [0.05, 0.1) is 39.9 Å². The molecule has 3 saturated heterocycles. The Labute approximate surface area is 462 Å². The molecule has 4 N–H and O–H groups in total. The lowest BCUT2D eigenvalue weighted by Gasteiger charge is -2.35. The molecule has 4 aromatic carbocycles. The first-order valence-electron chi connectivity index (χ1n) is 26.5. The van der Waals surface area contributed by atoms with Gasteiger partial charge in [-0.1, -0.05) is 87.5 Å². The smallest absolute Gasteiger partial charge is 0.319 e. The number of piperidine rings is 1. The molecule has 0 unspecified atom stereocenters. The fraction of sp³-hybridized carbons (Fsp3) is 0.431. The Morgan fingerprint density at radius 3 is 2.40 bits per heavy atom. The number of phenolic OH excluding ortho intramolecular Hbond substituents is 1. The minimum absolute atomic E-state index is 0.00753. The second kappa shape index (κ2) is 24.1. The second-order valence-corrected chi connectivity index (χ2v) is 22.8. The van der Waals surface area contributed by atoms with Gasteiger partial charge >= 0.3 is 6.01 Å².